The number of carbonyl (C=O) groups excluding carboxylic acids is 1. The zero-order valence-corrected chi connectivity index (χ0v) is 16.2. The second kappa shape index (κ2) is 7.79. The first-order valence-corrected chi connectivity index (χ1v) is 10.8. The van der Waals surface area contributed by atoms with Crippen LogP contribution in [0.4, 0.5) is 4.11 Å². The average Bonchev–Trinajstić information content (AvgIpc) is 2.69. The molecular formula is C23H23FOSi. The first kappa shape index (κ1) is 18.3. The van der Waals surface area contributed by atoms with Gasteiger partial charge in [0.25, 0.3) is 0 Å². The number of carbonyl (C=O) groups is 1. The summed E-state index contributed by atoms with van der Waals surface area (Å²) in [5, 5.41) is 2.17. The zero-order valence-electron chi connectivity index (χ0n) is 15.2. The molecule has 0 bridgehead atoms. The van der Waals surface area contributed by atoms with Crippen LogP contribution in [-0.2, 0) is 11.2 Å². The number of benzene rings is 3. The van der Waals surface area contributed by atoms with Crippen LogP contribution in [0.25, 0.3) is 0 Å². The lowest BCUT2D eigenvalue weighted by molar-refractivity contribution is -0.121. The Kier molecular flexibility index (Phi) is 5.48. The zero-order chi connectivity index (χ0) is 18.6. The van der Waals surface area contributed by atoms with E-state index < -0.39 is 8.41 Å². The molecule has 0 N–H and O–H groups in total. The molecule has 0 saturated heterocycles. The Morgan fingerprint density at radius 1 is 0.769 bits per heavy atom. The Balaban J connectivity index is 2.02. The van der Waals surface area contributed by atoms with Gasteiger partial charge < -0.3 is 0 Å². The first-order chi connectivity index (χ1) is 12.5. The second-order valence-electron chi connectivity index (χ2n) is 6.89. The number of hydrogen-bond donors (Lipinski definition) is 0. The average molecular weight is 363 g/mol. The monoisotopic (exact) mass is 362 g/mol. The Labute approximate surface area is 155 Å². The molecular weight excluding hydrogens is 339 g/mol. The molecule has 1 nitrogen and oxygen atoms in total. The van der Waals surface area contributed by atoms with Gasteiger partial charge in [-0.1, -0.05) is 98.8 Å². The summed E-state index contributed by atoms with van der Waals surface area (Å²) in [5.41, 5.74) is 0.935. The minimum absolute atomic E-state index is 0.0120. The highest BCUT2D eigenvalue weighted by molar-refractivity contribution is 7.06. The van der Waals surface area contributed by atoms with Gasteiger partial charge in [0.1, 0.15) is 5.78 Å². The Morgan fingerprint density at radius 2 is 1.19 bits per heavy atom. The molecule has 3 rings (SSSR count). The van der Waals surface area contributed by atoms with E-state index in [0.29, 0.717) is 11.6 Å². The van der Waals surface area contributed by atoms with Gasteiger partial charge in [0, 0.05) is 12.3 Å². The van der Waals surface area contributed by atoms with Gasteiger partial charge in [-0.15, -0.1) is 0 Å². The fourth-order valence-corrected chi connectivity index (χ4v) is 6.02. The van der Waals surface area contributed by atoms with Crippen LogP contribution in [-0.4, -0.2) is 14.2 Å². The van der Waals surface area contributed by atoms with Crippen molar-refractivity contribution in [2.24, 2.45) is 5.92 Å². The van der Waals surface area contributed by atoms with E-state index in [1.54, 1.807) is 0 Å². The van der Waals surface area contributed by atoms with Crippen LogP contribution in [0.2, 0.25) is 0 Å². The smallest absolute Gasteiger partial charge is 0.299 e. The number of rotatable bonds is 6. The van der Waals surface area contributed by atoms with Gasteiger partial charge in [0.05, 0.1) is 0 Å². The van der Waals surface area contributed by atoms with Gasteiger partial charge in [0.15, 0.2) is 0 Å². The van der Waals surface area contributed by atoms with Crippen LogP contribution in [0.1, 0.15) is 19.4 Å². The highest BCUT2D eigenvalue weighted by atomic mass is 28.4. The highest BCUT2D eigenvalue weighted by Crippen LogP contribution is 2.11. The fourth-order valence-electron chi connectivity index (χ4n) is 3.09. The third-order valence-electron chi connectivity index (χ3n) is 4.72. The first-order valence-electron chi connectivity index (χ1n) is 8.94. The summed E-state index contributed by atoms with van der Waals surface area (Å²) >= 11 is 0. The summed E-state index contributed by atoms with van der Waals surface area (Å²) < 4.78 is 16.6. The molecule has 3 heteroatoms. The lowest BCUT2D eigenvalue weighted by atomic mass is 10.0. The van der Waals surface area contributed by atoms with Crippen LogP contribution in [0.5, 0.6) is 0 Å². The Bertz CT molecular complexity index is 818. The summed E-state index contributed by atoms with van der Waals surface area (Å²) in [7, 11) is -3.55. The molecule has 3 aromatic rings. The quantitative estimate of drug-likeness (QED) is 0.373. The van der Waals surface area contributed by atoms with E-state index in [4.69, 9.17) is 0 Å². The van der Waals surface area contributed by atoms with Gasteiger partial charge in [-0.2, -0.15) is 0 Å². The fraction of sp³-hybridized carbons (Fsp3) is 0.174. The highest BCUT2D eigenvalue weighted by Gasteiger charge is 2.40. The van der Waals surface area contributed by atoms with E-state index in [2.05, 4.69) is 0 Å². The van der Waals surface area contributed by atoms with E-state index in [0.717, 1.165) is 15.9 Å². The van der Waals surface area contributed by atoms with Crippen LogP contribution in [0.15, 0.2) is 84.9 Å². The molecule has 0 fully saturated rings. The maximum atomic E-state index is 16.6. The number of halogens is 1. The largest absolute Gasteiger partial charge is 0.339 e. The lowest BCUT2D eigenvalue weighted by Gasteiger charge is -2.24. The molecule has 0 aliphatic heterocycles. The molecule has 0 amide bonds. The predicted octanol–water partition coefficient (Wildman–Crippen LogP) is 3.39. The molecule has 0 saturated carbocycles. The van der Waals surface area contributed by atoms with E-state index in [1.807, 2.05) is 98.8 Å². The molecule has 0 unspecified atom stereocenters. The van der Waals surface area contributed by atoms with Crippen molar-refractivity contribution in [3.63, 3.8) is 0 Å². The van der Waals surface area contributed by atoms with Crippen molar-refractivity contribution in [1.29, 1.82) is 0 Å². The van der Waals surface area contributed by atoms with Crippen LogP contribution >= 0.6 is 0 Å². The SMILES string of the molecule is CC(C)C(=O)Cc1ccc([Si](F)(c2ccccc2)c2ccccc2)cc1. The summed E-state index contributed by atoms with van der Waals surface area (Å²) in [6.45, 7) is 3.81. The summed E-state index contributed by atoms with van der Waals surface area (Å²) in [6.07, 6.45) is 0.398. The van der Waals surface area contributed by atoms with E-state index >= 15 is 4.11 Å². The van der Waals surface area contributed by atoms with Gasteiger partial charge >= 0.3 is 8.41 Å². The van der Waals surface area contributed by atoms with Crippen molar-refractivity contribution in [3.05, 3.63) is 90.5 Å². The molecule has 0 atom stereocenters. The number of Topliss-reactive ketones (excluding diaryl/α,β-unsaturated/α-hetero) is 1. The third-order valence-corrected chi connectivity index (χ3v) is 8.10. The van der Waals surface area contributed by atoms with Gasteiger partial charge in [0.2, 0.25) is 0 Å². The molecule has 0 radical (unpaired) electrons. The van der Waals surface area contributed by atoms with E-state index in [-0.39, 0.29) is 11.7 Å². The van der Waals surface area contributed by atoms with Crippen molar-refractivity contribution in [3.8, 4) is 0 Å². The number of hydrogen-bond acceptors (Lipinski definition) is 1. The van der Waals surface area contributed by atoms with Crippen LogP contribution in [0, 0.1) is 5.92 Å². The van der Waals surface area contributed by atoms with E-state index in [1.165, 1.54) is 0 Å². The van der Waals surface area contributed by atoms with Gasteiger partial charge in [-0.25, -0.2) is 0 Å². The number of ketones is 1. The Morgan fingerprint density at radius 3 is 1.62 bits per heavy atom. The molecule has 3 aromatic carbocycles. The predicted molar refractivity (Wildman–Crippen MR) is 109 cm³/mol. The van der Waals surface area contributed by atoms with E-state index in [9.17, 15) is 4.79 Å². The molecule has 26 heavy (non-hydrogen) atoms. The summed E-state index contributed by atoms with van der Waals surface area (Å²) in [5.74, 6) is 0.214. The standard InChI is InChI=1S/C23H23FOSi/c1-18(2)23(25)17-19-13-15-22(16-14-19)26(24,20-9-5-3-6-10-20)21-11-7-4-8-12-21/h3-16,18H,17H2,1-2H3. The van der Waals surface area contributed by atoms with Crippen molar-refractivity contribution in [1.82, 2.24) is 0 Å². The minimum Gasteiger partial charge on any atom is -0.299 e. The van der Waals surface area contributed by atoms with Gasteiger partial charge in [-0.05, 0) is 21.1 Å². The maximum absolute atomic E-state index is 16.6. The second-order valence-corrected chi connectivity index (χ2v) is 9.93. The Hall–Kier alpha value is -2.52. The van der Waals surface area contributed by atoms with Crippen molar-refractivity contribution in [2.75, 3.05) is 0 Å². The van der Waals surface area contributed by atoms with Gasteiger partial charge in [-0.3, -0.25) is 8.90 Å². The third kappa shape index (κ3) is 3.68. The molecule has 0 aliphatic carbocycles. The molecule has 0 heterocycles. The molecule has 0 aromatic heterocycles. The van der Waals surface area contributed by atoms with Crippen molar-refractivity contribution >= 4 is 29.8 Å². The van der Waals surface area contributed by atoms with Crippen LogP contribution in [0.3, 0.4) is 0 Å². The normalized spacial score (nSPS) is 11.5. The van der Waals surface area contributed by atoms with Crippen molar-refractivity contribution in [2.45, 2.75) is 20.3 Å². The topological polar surface area (TPSA) is 17.1 Å². The summed E-state index contributed by atoms with van der Waals surface area (Å²) in [4.78, 5) is 12.0. The lowest BCUT2D eigenvalue weighted by Crippen LogP contribution is -2.63. The van der Waals surface area contributed by atoms with Crippen molar-refractivity contribution < 1.29 is 8.90 Å². The minimum atomic E-state index is -3.55. The van der Waals surface area contributed by atoms with Crippen LogP contribution < -0.4 is 15.6 Å². The maximum Gasteiger partial charge on any atom is 0.339 e. The molecule has 132 valence electrons. The molecule has 0 spiro atoms. The summed E-state index contributed by atoms with van der Waals surface area (Å²) in [6, 6.07) is 26.3. The molecule has 0 aliphatic rings.